The predicted octanol–water partition coefficient (Wildman–Crippen LogP) is 3.66. The normalized spacial score (nSPS) is 20.1. The van der Waals surface area contributed by atoms with E-state index >= 15 is 0 Å². The summed E-state index contributed by atoms with van der Waals surface area (Å²) in [6.45, 7) is 7.63. The number of nitrogens with zero attached hydrogens (tertiary/aromatic N) is 2. The molecule has 2 heterocycles. The first-order valence-electron chi connectivity index (χ1n) is 8.03. The molecule has 6 heteroatoms. The van der Waals surface area contributed by atoms with Gasteiger partial charge in [0.25, 0.3) is 5.91 Å². The summed E-state index contributed by atoms with van der Waals surface area (Å²) in [6, 6.07) is 6.55. The number of rotatable bonds is 3. The number of hydrogen-bond donors (Lipinski definition) is 1. The lowest BCUT2D eigenvalue weighted by atomic mass is 10.1. The second kappa shape index (κ2) is 7.64. The van der Waals surface area contributed by atoms with Crippen LogP contribution in [0.25, 0.3) is 10.6 Å². The Kier molecular flexibility index (Phi) is 6.01. The van der Waals surface area contributed by atoms with Crippen molar-refractivity contribution in [2.45, 2.75) is 33.2 Å². The summed E-state index contributed by atoms with van der Waals surface area (Å²) in [7, 11) is 0. The third-order valence-electron chi connectivity index (χ3n) is 4.59. The van der Waals surface area contributed by atoms with Crippen LogP contribution in [0, 0.1) is 19.8 Å². The maximum absolute atomic E-state index is 12.7. The van der Waals surface area contributed by atoms with E-state index in [9.17, 15) is 4.79 Å². The van der Waals surface area contributed by atoms with Crippen LogP contribution in [0.15, 0.2) is 23.6 Å². The smallest absolute Gasteiger partial charge is 0.273 e. The number of aryl methyl sites for hydroxylation is 2. The van der Waals surface area contributed by atoms with E-state index in [-0.39, 0.29) is 24.4 Å². The van der Waals surface area contributed by atoms with Crippen LogP contribution in [0.5, 0.6) is 0 Å². The van der Waals surface area contributed by atoms with Crippen molar-refractivity contribution in [3.63, 3.8) is 0 Å². The Morgan fingerprint density at radius 2 is 2.17 bits per heavy atom. The fraction of sp³-hybridized carbons (Fsp3) is 0.444. The first-order valence-corrected chi connectivity index (χ1v) is 8.91. The van der Waals surface area contributed by atoms with Gasteiger partial charge in [0.1, 0.15) is 10.7 Å². The van der Waals surface area contributed by atoms with Crippen molar-refractivity contribution in [1.29, 1.82) is 0 Å². The summed E-state index contributed by atoms with van der Waals surface area (Å²) in [6.07, 6.45) is 0.982. The average Bonchev–Trinajstić information content (AvgIpc) is 3.13. The number of carbonyl (C=O) groups excluding carboxylic acids is 1. The zero-order valence-electron chi connectivity index (χ0n) is 14.3. The van der Waals surface area contributed by atoms with Crippen molar-refractivity contribution in [3.8, 4) is 10.6 Å². The molecule has 2 unspecified atom stereocenters. The van der Waals surface area contributed by atoms with Crippen LogP contribution in [0.2, 0.25) is 0 Å². The number of aromatic nitrogens is 1. The predicted molar refractivity (Wildman–Crippen MR) is 102 cm³/mol. The van der Waals surface area contributed by atoms with E-state index < -0.39 is 0 Å². The summed E-state index contributed by atoms with van der Waals surface area (Å²) in [5, 5.41) is 2.78. The van der Waals surface area contributed by atoms with Crippen LogP contribution in [0.3, 0.4) is 0 Å². The second-order valence-corrected chi connectivity index (χ2v) is 7.36. The van der Waals surface area contributed by atoms with Crippen molar-refractivity contribution >= 4 is 29.7 Å². The Morgan fingerprint density at radius 1 is 1.42 bits per heavy atom. The number of thiazole rings is 1. The molecule has 0 spiro atoms. The van der Waals surface area contributed by atoms with Crippen LogP contribution in [0.1, 0.15) is 35.0 Å². The van der Waals surface area contributed by atoms with Crippen molar-refractivity contribution in [3.05, 3.63) is 40.4 Å². The minimum absolute atomic E-state index is 0. The maximum Gasteiger partial charge on any atom is 0.273 e. The molecule has 0 radical (unpaired) electrons. The van der Waals surface area contributed by atoms with Gasteiger partial charge in [0, 0.05) is 23.5 Å². The highest BCUT2D eigenvalue weighted by Crippen LogP contribution is 2.29. The van der Waals surface area contributed by atoms with E-state index in [1.807, 2.05) is 10.3 Å². The number of amides is 1. The Balaban J connectivity index is 0.00000208. The quantitative estimate of drug-likeness (QED) is 0.902. The lowest BCUT2D eigenvalue weighted by Crippen LogP contribution is -2.34. The number of nitrogens with two attached hydrogens (primary N) is 1. The second-order valence-electron chi connectivity index (χ2n) is 6.50. The molecule has 1 aliphatic heterocycles. The number of halogens is 1. The molecule has 4 nitrogen and oxygen atoms in total. The van der Waals surface area contributed by atoms with Gasteiger partial charge >= 0.3 is 0 Å². The Bertz CT molecular complexity index is 731. The van der Waals surface area contributed by atoms with Crippen LogP contribution in [0.4, 0.5) is 0 Å². The Morgan fingerprint density at radius 3 is 2.79 bits per heavy atom. The fourth-order valence-electron chi connectivity index (χ4n) is 3.29. The fourth-order valence-corrected chi connectivity index (χ4v) is 4.18. The zero-order chi connectivity index (χ0) is 16.6. The summed E-state index contributed by atoms with van der Waals surface area (Å²) in [4.78, 5) is 19.2. The lowest BCUT2D eigenvalue weighted by Gasteiger charge is -2.20. The molecule has 1 fully saturated rings. The van der Waals surface area contributed by atoms with Crippen LogP contribution in [-0.4, -0.2) is 34.9 Å². The summed E-state index contributed by atoms with van der Waals surface area (Å²) in [5.41, 5.74) is 9.84. The van der Waals surface area contributed by atoms with E-state index in [1.54, 1.807) is 0 Å². The van der Waals surface area contributed by atoms with E-state index in [0.29, 0.717) is 18.2 Å². The third-order valence-corrected chi connectivity index (χ3v) is 5.47. The number of likely N-dealkylation sites (tertiary alicyclic amines) is 1. The van der Waals surface area contributed by atoms with Gasteiger partial charge in [-0.3, -0.25) is 4.79 Å². The summed E-state index contributed by atoms with van der Waals surface area (Å²) >= 11 is 1.53. The summed E-state index contributed by atoms with van der Waals surface area (Å²) < 4.78 is 0. The highest BCUT2D eigenvalue weighted by molar-refractivity contribution is 7.13. The highest BCUT2D eigenvalue weighted by atomic mass is 35.5. The number of benzene rings is 1. The Hall–Kier alpha value is -1.43. The molecular weight excluding hydrogens is 342 g/mol. The van der Waals surface area contributed by atoms with E-state index in [4.69, 9.17) is 5.73 Å². The lowest BCUT2D eigenvalue weighted by molar-refractivity contribution is 0.0738. The molecule has 1 aromatic heterocycles. The van der Waals surface area contributed by atoms with E-state index in [0.717, 1.165) is 23.5 Å². The minimum Gasteiger partial charge on any atom is -0.334 e. The van der Waals surface area contributed by atoms with Gasteiger partial charge in [-0.05, 0) is 45.2 Å². The molecule has 2 N–H and O–H groups in total. The molecule has 2 aromatic rings. The van der Waals surface area contributed by atoms with Crippen molar-refractivity contribution in [2.24, 2.45) is 11.7 Å². The van der Waals surface area contributed by atoms with Gasteiger partial charge in [0.2, 0.25) is 0 Å². The first kappa shape index (κ1) is 18.9. The molecule has 1 aliphatic rings. The largest absolute Gasteiger partial charge is 0.334 e. The molecular formula is C18H24ClN3OS. The molecule has 3 rings (SSSR count). The molecule has 24 heavy (non-hydrogen) atoms. The molecule has 1 amide bonds. The number of carbonyl (C=O) groups is 1. The van der Waals surface area contributed by atoms with Crippen LogP contribution >= 0.6 is 23.7 Å². The topological polar surface area (TPSA) is 59.2 Å². The van der Waals surface area contributed by atoms with Gasteiger partial charge in [0.05, 0.1) is 0 Å². The van der Waals surface area contributed by atoms with Crippen LogP contribution in [-0.2, 0) is 0 Å². The van der Waals surface area contributed by atoms with Gasteiger partial charge in [0.15, 0.2) is 0 Å². The van der Waals surface area contributed by atoms with E-state index in [2.05, 4.69) is 44.0 Å². The minimum atomic E-state index is 0. The van der Waals surface area contributed by atoms with Gasteiger partial charge < -0.3 is 10.6 Å². The average molecular weight is 366 g/mol. The molecule has 130 valence electrons. The molecule has 2 atom stereocenters. The molecule has 1 aromatic carbocycles. The van der Waals surface area contributed by atoms with Gasteiger partial charge in [-0.15, -0.1) is 23.7 Å². The molecule has 1 saturated heterocycles. The zero-order valence-corrected chi connectivity index (χ0v) is 15.9. The highest BCUT2D eigenvalue weighted by Gasteiger charge is 2.33. The van der Waals surface area contributed by atoms with E-state index in [1.165, 1.54) is 22.5 Å². The number of hydrogen-bond acceptors (Lipinski definition) is 4. The monoisotopic (exact) mass is 365 g/mol. The SMILES string of the molecule is Cc1ccc(-c2nc(C(=O)N3CC(CN)CC3C)cs2)c(C)c1.Cl. The molecule has 0 saturated carbocycles. The van der Waals surface area contributed by atoms with Crippen molar-refractivity contribution in [1.82, 2.24) is 9.88 Å². The molecule has 0 aliphatic carbocycles. The van der Waals surface area contributed by atoms with Crippen molar-refractivity contribution < 1.29 is 4.79 Å². The van der Waals surface area contributed by atoms with Gasteiger partial charge in [-0.2, -0.15) is 0 Å². The van der Waals surface area contributed by atoms with Gasteiger partial charge in [-0.1, -0.05) is 23.8 Å². The Labute approximate surface area is 153 Å². The van der Waals surface area contributed by atoms with Gasteiger partial charge in [-0.25, -0.2) is 4.98 Å². The molecule has 0 bridgehead atoms. The van der Waals surface area contributed by atoms with Crippen LogP contribution < -0.4 is 5.73 Å². The first-order chi connectivity index (χ1) is 11.0. The maximum atomic E-state index is 12.7. The third kappa shape index (κ3) is 3.63. The standard InChI is InChI=1S/C18H23N3OS.ClH/c1-11-4-5-15(12(2)6-11)17-20-16(10-23-17)18(22)21-9-14(8-19)7-13(21)3;/h4-6,10,13-14H,7-9,19H2,1-3H3;1H. The van der Waals surface area contributed by atoms with Crippen molar-refractivity contribution in [2.75, 3.05) is 13.1 Å². The summed E-state index contributed by atoms with van der Waals surface area (Å²) in [5.74, 6) is 0.437.